The Hall–Kier alpha value is -2.15. The number of rotatable bonds is 4. The van der Waals surface area contributed by atoms with Crippen LogP contribution in [0.15, 0.2) is 24.3 Å². The summed E-state index contributed by atoms with van der Waals surface area (Å²) >= 11 is 0. The third-order valence-electron chi connectivity index (χ3n) is 3.11. The van der Waals surface area contributed by atoms with Gasteiger partial charge in [-0.25, -0.2) is 0 Å². The van der Waals surface area contributed by atoms with Gasteiger partial charge in [-0.05, 0) is 12.5 Å². The van der Waals surface area contributed by atoms with Crippen molar-refractivity contribution in [2.24, 2.45) is 5.73 Å². The monoisotopic (exact) mass is 264 g/mol. The van der Waals surface area contributed by atoms with Gasteiger partial charge in [-0.3, -0.25) is 14.9 Å². The Labute approximate surface area is 110 Å². The van der Waals surface area contributed by atoms with Gasteiger partial charge in [0, 0.05) is 25.2 Å². The summed E-state index contributed by atoms with van der Waals surface area (Å²) in [5.41, 5.74) is 6.05. The standard InChI is InChI=1S/C12H16N4O3/c13-9-5-6-15(8-9)12(17)7-14-10-3-1-2-4-11(10)16(18)19/h1-4,9,14H,5-8,13H2/t9-/m1/s1. The molecule has 7 heteroatoms. The number of para-hydroxylation sites is 2. The van der Waals surface area contributed by atoms with E-state index in [4.69, 9.17) is 5.73 Å². The van der Waals surface area contributed by atoms with Crippen LogP contribution < -0.4 is 11.1 Å². The fourth-order valence-electron chi connectivity index (χ4n) is 2.08. The maximum Gasteiger partial charge on any atom is 0.292 e. The average Bonchev–Trinajstić information content (AvgIpc) is 2.83. The van der Waals surface area contributed by atoms with Crippen LogP contribution in [0, 0.1) is 10.1 Å². The van der Waals surface area contributed by atoms with E-state index in [0.29, 0.717) is 18.8 Å². The molecule has 7 nitrogen and oxygen atoms in total. The topological polar surface area (TPSA) is 102 Å². The molecular weight excluding hydrogens is 248 g/mol. The predicted octanol–water partition coefficient (Wildman–Crippen LogP) is 0.566. The smallest absolute Gasteiger partial charge is 0.292 e. The van der Waals surface area contributed by atoms with E-state index in [1.807, 2.05) is 0 Å². The molecule has 1 aliphatic rings. The highest BCUT2D eigenvalue weighted by Crippen LogP contribution is 2.22. The lowest BCUT2D eigenvalue weighted by Gasteiger charge is -2.16. The zero-order chi connectivity index (χ0) is 13.8. The Morgan fingerprint density at radius 1 is 1.53 bits per heavy atom. The van der Waals surface area contributed by atoms with E-state index in [1.54, 1.807) is 23.1 Å². The van der Waals surface area contributed by atoms with Crippen LogP contribution in [0.5, 0.6) is 0 Å². The number of nitrogens with one attached hydrogen (secondary N) is 1. The van der Waals surface area contributed by atoms with Crippen molar-refractivity contribution >= 4 is 17.3 Å². The summed E-state index contributed by atoms with van der Waals surface area (Å²) in [7, 11) is 0. The molecule has 1 atom stereocenters. The molecule has 0 aromatic heterocycles. The molecule has 1 fully saturated rings. The van der Waals surface area contributed by atoms with Gasteiger partial charge in [-0.1, -0.05) is 12.1 Å². The minimum atomic E-state index is -0.474. The van der Waals surface area contributed by atoms with Crippen LogP contribution in [0.2, 0.25) is 0 Å². The molecular formula is C12H16N4O3. The average molecular weight is 264 g/mol. The lowest BCUT2D eigenvalue weighted by atomic mass is 10.2. The van der Waals surface area contributed by atoms with Gasteiger partial charge in [0.05, 0.1) is 11.5 Å². The number of carbonyl (C=O) groups is 1. The van der Waals surface area contributed by atoms with Crippen LogP contribution in [-0.4, -0.2) is 41.4 Å². The Bertz CT molecular complexity index is 492. The minimum Gasteiger partial charge on any atom is -0.371 e. The Kier molecular flexibility index (Phi) is 3.96. The van der Waals surface area contributed by atoms with Crippen molar-refractivity contribution in [1.82, 2.24) is 4.90 Å². The molecule has 1 heterocycles. The quantitative estimate of drug-likeness (QED) is 0.611. The largest absolute Gasteiger partial charge is 0.371 e. The first-order valence-electron chi connectivity index (χ1n) is 6.08. The Morgan fingerprint density at radius 3 is 2.89 bits per heavy atom. The van der Waals surface area contributed by atoms with E-state index in [0.717, 1.165) is 6.42 Å². The summed E-state index contributed by atoms with van der Waals surface area (Å²) in [6.07, 6.45) is 0.803. The summed E-state index contributed by atoms with van der Waals surface area (Å²) in [5.74, 6) is -0.0916. The van der Waals surface area contributed by atoms with Crippen molar-refractivity contribution < 1.29 is 9.72 Å². The third kappa shape index (κ3) is 3.19. The number of amides is 1. The number of nitrogens with two attached hydrogens (primary N) is 1. The van der Waals surface area contributed by atoms with Crippen molar-refractivity contribution in [3.05, 3.63) is 34.4 Å². The number of hydrogen-bond donors (Lipinski definition) is 2. The van der Waals surface area contributed by atoms with Crippen molar-refractivity contribution in [3.63, 3.8) is 0 Å². The van der Waals surface area contributed by atoms with Gasteiger partial charge in [-0.15, -0.1) is 0 Å². The first-order chi connectivity index (χ1) is 9.08. The molecule has 102 valence electrons. The molecule has 1 aromatic carbocycles. The number of carbonyl (C=O) groups excluding carboxylic acids is 1. The lowest BCUT2D eigenvalue weighted by molar-refractivity contribution is -0.383. The van der Waals surface area contributed by atoms with Crippen LogP contribution in [0.4, 0.5) is 11.4 Å². The maximum atomic E-state index is 11.9. The summed E-state index contributed by atoms with van der Waals surface area (Å²) in [4.78, 5) is 23.9. The SMILES string of the molecule is N[C@@H]1CCN(C(=O)CNc2ccccc2[N+](=O)[O-])C1. The van der Waals surface area contributed by atoms with E-state index < -0.39 is 4.92 Å². The van der Waals surface area contributed by atoms with Gasteiger partial charge >= 0.3 is 0 Å². The summed E-state index contributed by atoms with van der Waals surface area (Å²) in [5, 5.41) is 13.6. The number of hydrogen-bond acceptors (Lipinski definition) is 5. The van der Waals surface area contributed by atoms with Crippen molar-refractivity contribution in [2.75, 3.05) is 25.0 Å². The second-order valence-electron chi connectivity index (χ2n) is 4.52. The molecule has 2 rings (SSSR count). The first kappa shape index (κ1) is 13.3. The molecule has 1 aromatic rings. The van der Waals surface area contributed by atoms with Gasteiger partial charge in [0.25, 0.3) is 5.69 Å². The molecule has 0 unspecified atom stereocenters. The molecule has 19 heavy (non-hydrogen) atoms. The van der Waals surface area contributed by atoms with E-state index in [9.17, 15) is 14.9 Å². The van der Waals surface area contributed by atoms with E-state index in [2.05, 4.69) is 5.32 Å². The van der Waals surface area contributed by atoms with Crippen LogP contribution in [0.25, 0.3) is 0 Å². The zero-order valence-corrected chi connectivity index (χ0v) is 10.4. The van der Waals surface area contributed by atoms with Gasteiger partial charge in [0.15, 0.2) is 0 Å². The van der Waals surface area contributed by atoms with Crippen LogP contribution in [0.1, 0.15) is 6.42 Å². The van der Waals surface area contributed by atoms with E-state index >= 15 is 0 Å². The first-order valence-corrected chi connectivity index (χ1v) is 6.08. The minimum absolute atomic E-state index is 0.0339. The fraction of sp³-hybridized carbons (Fsp3) is 0.417. The second-order valence-corrected chi connectivity index (χ2v) is 4.52. The molecule has 1 saturated heterocycles. The summed E-state index contributed by atoms with van der Waals surface area (Å²) in [6.45, 7) is 1.24. The normalized spacial score (nSPS) is 18.4. The summed E-state index contributed by atoms with van der Waals surface area (Å²) < 4.78 is 0. The van der Waals surface area contributed by atoms with Gasteiger partial charge in [0.1, 0.15) is 5.69 Å². The molecule has 0 aliphatic carbocycles. The van der Waals surface area contributed by atoms with Crippen molar-refractivity contribution in [1.29, 1.82) is 0 Å². The molecule has 3 N–H and O–H groups in total. The molecule has 1 aliphatic heterocycles. The molecule has 0 bridgehead atoms. The predicted molar refractivity (Wildman–Crippen MR) is 70.8 cm³/mol. The number of nitro groups is 1. The van der Waals surface area contributed by atoms with Gasteiger partial charge < -0.3 is 16.0 Å². The second kappa shape index (κ2) is 5.66. The van der Waals surface area contributed by atoms with Gasteiger partial charge in [0.2, 0.25) is 5.91 Å². The third-order valence-corrected chi connectivity index (χ3v) is 3.11. The number of likely N-dealkylation sites (tertiary alicyclic amines) is 1. The van der Waals surface area contributed by atoms with Crippen molar-refractivity contribution in [3.8, 4) is 0 Å². The Morgan fingerprint density at radius 2 is 2.26 bits per heavy atom. The highest BCUT2D eigenvalue weighted by Gasteiger charge is 2.23. The number of benzene rings is 1. The van der Waals surface area contributed by atoms with Gasteiger partial charge in [-0.2, -0.15) is 0 Å². The number of nitrogens with zero attached hydrogens (tertiary/aromatic N) is 2. The lowest BCUT2D eigenvalue weighted by Crippen LogP contribution is -2.35. The zero-order valence-electron chi connectivity index (χ0n) is 10.4. The highest BCUT2D eigenvalue weighted by molar-refractivity contribution is 5.82. The van der Waals surface area contributed by atoms with Crippen LogP contribution >= 0.6 is 0 Å². The fourth-order valence-corrected chi connectivity index (χ4v) is 2.08. The molecule has 0 radical (unpaired) electrons. The number of nitro benzene ring substituents is 1. The number of anilines is 1. The molecule has 0 spiro atoms. The summed E-state index contributed by atoms with van der Waals surface area (Å²) in [6, 6.07) is 6.30. The Balaban J connectivity index is 1.95. The highest BCUT2D eigenvalue weighted by atomic mass is 16.6. The van der Waals surface area contributed by atoms with E-state index in [1.165, 1.54) is 6.07 Å². The maximum absolute atomic E-state index is 11.9. The molecule has 1 amide bonds. The van der Waals surface area contributed by atoms with Crippen LogP contribution in [0.3, 0.4) is 0 Å². The van der Waals surface area contributed by atoms with Crippen molar-refractivity contribution in [2.45, 2.75) is 12.5 Å². The molecule has 0 saturated carbocycles. The van der Waals surface area contributed by atoms with E-state index in [-0.39, 0.29) is 24.2 Å². The van der Waals surface area contributed by atoms with Crippen LogP contribution in [-0.2, 0) is 4.79 Å².